The Morgan fingerprint density at radius 1 is 1.47 bits per heavy atom. The number of hydrogen-bond donors (Lipinski definition) is 2. The molecule has 0 aliphatic heterocycles. The summed E-state index contributed by atoms with van der Waals surface area (Å²) in [5.41, 5.74) is 7.14. The number of rotatable bonds is 5. The highest BCUT2D eigenvalue weighted by Gasteiger charge is 2.10. The topological polar surface area (TPSA) is 66.6 Å². The molecule has 0 unspecified atom stereocenters. The number of amides is 1. The Labute approximate surface area is 106 Å². The molecule has 1 aromatic carbocycles. The molecule has 1 rings (SSSR count). The largest absolute Gasteiger partial charge is 0.398 e. The second kappa shape index (κ2) is 6.51. The molecular formula is C12H18N2O2S. The molecule has 1 amide bonds. The van der Waals surface area contributed by atoms with Gasteiger partial charge < -0.3 is 15.7 Å². The summed E-state index contributed by atoms with van der Waals surface area (Å²) >= 11 is 1.56. The Morgan fingerprint density at radius 3 is 2.76 bits per heavy atom. The fourth-order valence-corrected chi connectivity index (χ4v) is 2.24. The van der Waals surface area contributed by atoms with Gasteiger partial charge >= 0.3 is 0 Å². The number of carbonyl (C=O) groups is 1. The number of nitrogens with two attached hydrogens (primary N) is 1. The van der Waals surface area contributed by atoms with Gasteiger partial charge in [-0.05, 0) is 24.6 Å². The molecule has 0 radical (unpaired) electrons. The smallest absolute Gasteiger partial charge is 0.253 e. The van der Waals surface area contributed by atoms with Gasteiger partial charge in [-0.25, -0.2) is 0 Å². The molecule has 0 aromatic heterocycles. The van der Waals surface area contributed by atoms with E-state index >= 15 is 0 Å². The van der Waals surface area contributed by atoms with E-state index in [1.807, 2.05) is 0 Å². The molecule has 0 atom stereocenters. The van der Waals surface area contributed by atoms with E-state index in [9.17, 15) is 4.79 Å². The first-order chi connectivity index (χ1) is 8.06. The second-order valence-corrected chi connectivity index (χ2v) is 5.01. The number of hydrogen-bond acceptors (Lipinski definition) is 4. The van der Waals surface area contributed by atoms with Crippen LogP contribution in [0.2, 0.25) is 0 Å². The fraction of sp³-hybridized carbons (Fsp3) is 0.417. The summed E-state index contributed by atoms with van der Waals surface area (Å²) in [5, 5.41) is 8.72. The Hall–Kier alpha value is -1.20. The van der Waals surface area contributed by atoms with Crippen LogP contribution in [0.1, 0.15) is 16.8 Å². The minimum atomic E-state index is -0.0333. The molecule has 1 aromatic rings. The van der Waals surface area contributed by atoms with E-state index in [4.69, 9.17) is 10.8 Å². The summed E-state index contributed by atoms with van der Waals surface area (Å²) in [6.07, 6.45) is 0.718. The maximum absolute atomic E-state index is 11.8. The summed E-state index contributed by atoms with van der Waals surface area (Å²) in [4.78, 5) is 14.2. The summed E-state index contributed by atoms with van der Waals surface area (Å²) in [5.74, 6) is 0.759. The van der Waals surface area contributed by atoms with Crippen molar-refractivity contribution in [3.63, 3.8) is 0 Å². The van der Waals surface area contributed by atoms with Gasteiger partial charge in [0.05, 0.1) is 0 Å². The van der Waals surface area contributed by atoms with Crippen LogP contribution < -0.4 is 5.73 Å². The van der Waals surface area contributed by atoms with Crippen LogP contribution in [0.25, 0.3) is 0 Å². The third-order valence-electron chi connectivity index (χ3n) is 2.23. The molecule has 5 heteroatoms. The van der Waals surface area contributed by atoms with Crippen LogP contribution in [-0.2, 0) is 0 Å². The summed E-state index contributed by atoms with van der Waals surface area (Å²) < 4.78 is 0. The molecular weight excluding hydrogens is 236 g/mol. The SMILES string of the molecule is CN(C)C(=O)c1ccc(N)c(SCCCO)c1. The lowest BCUT2D eigenvalue weighted by atomic mass is 10.2. The van der Waals surface area contributed by atoms with Crippen LogP contribution in [-0.4, -0.2) is 42.4 Å². The van der Waals surface area contributed by atoms with Crippen LogP contribution in [0, 0.1) is 0 Å². The van der Waals surface area contributed by atoms with Crippen LogP contribution in [0.15, 0.2) is 23.1 Å². The predicted octanol–water partition coefficient (Wildman–Crippen LogP) is 1.45. The maximum Gasteiger partial charge on any atom is 0.253 e. The molecule has 0 saturated heterocycles. The standard InChI is InChI=1S/C12H18N2O2S/c1-14(2)12(16)9-4-5-10(13)11(8-9)17-7-3-6-15/h4-5,8,15H,3,6-7,13H2,1-2H3. The molecule has 0 aliphatic rings. The van der Waals surface area contributed by atoms with Gasteiger partial charge in [0, 0.05) is 42.6 Å². The van der Waals surface area contributed by atoms with Gasteiger partial charge in [-0.2, -0.15) is 0 Å². The number of thioether (sulfide) groups is 1. The average molecular weight is 254 g/mol. The molecule has 3 N–H and O–H groups in total. The zero-order valence-electron chi connectivity index (χ0n) is 10.1. The second-order valence-electron chi connectivity index (χ2n) is 3.88. The number of nitrogen functional groups attached to an aromatic ring is 1. The van der Waals surface area contributed by atoms with Crippen molar-refractivity contribution < 1.29 is 9.90 Å². The van der Waals surface area contributed by atoms with Gasteiger partial charge in [-0.3, -0.25) is 4.79 Å². The third-order valence-corrected chi connectivity index (χ3v) is 3.38. The van der Waals surface area contributed by atoms with Crippen molar-refractivity contribution in [2.24, 2.45) is 0 Å². The molecule has 0 fully saturated rings. The molecule has 0 heterocycles. The Bertz CT molecular complexity index is 394. The first-order valence-corrected chi connectivity index (χ1v) is 6.39. The van der Waals surface area contributed by atoms with E-state index in [1.165, 1.54) is 4.90 Å². The molecule has 0 bridgehead atoms. The number of nitrogens with zero attached hydrogens (tertiary/aromatic N) is 1. The van der Waals surface area contributed by atoms with Gasteiger partial charge in [-0.15, -0.1) is 11.8 Å². The molecule has 94 valence electrons. The van der Waals surface area contributed by atoms with Crippen molar-refractivity contribution in [1.29, 1.82) is 0 Å². The highest BCUT2D eigenvalue weighted by atomic mass is 32.2. The number of anilines is 1. The van der Waals surface area contributed by atoms with Crippen LogP contribution in [0.3, 0.4) is 0 Å². The Morgan fingerprint density at radius 2 is 2.18 bits per heavy atom. The minimum Gasteiger partial charge on any atom is -0.398 e. The number of aliphatic hydroxyl groups is 1. The zero-order chi connectivity index (χ0) is 12.8. The number of aliphatic hydroxyl groups excluding tert-OH is 1. The monoisotopic (exact) mass is 254 g/mol. The van der Waals surface area contributed by atoms with Crippen molar-refractivity contribution in [2.75, 3.05) is 32.2 Å². The molecule has 0 saturated carbocycles. The number of carbonyl (C=O) groups excluding carboxylic acids is 1. The molecule has 4 nitrogen and oxygen atoms in total. The third kappa shape index (κ3) is 3.94. The van der Waals surface area contributed by atoms with Crippen molar-refractivity contribution in [3.8, 4) is 0 Å². The average Bonchev–Trinajstić information content (AvgIpc) is 2.30. The molecule has 17 heavy (non-hydrogen) atoms. The van der Waals surface area contributed by atoms with E-state index in [0.717, 1.165) is 17.1 Å². The minimum absolute atomic E-state index is 0.0333. The first kappa shape index (κ1) is 13.9. The summed E-state index contributed by atoms with van der Waals surface area (Å²) in [6.45, 7) is 0.170. The zero-order valence-corrected chi connectivity index (χ0v) is 11.0. The van der Waals surface area contributed by atoms with E-state index in [2.05, 4.69) is 0 Å². The van der Waals surface area contributed by atoms with Crippen molar-refractivity contribution in [1.82, 2.24) is 4.90 Å². The van der Waals surface area contributed by atoms with Crippen molar-refractivity contribution in [3.05, 3.63) is 23.8 Å². The quantitative estimate of drug-likeness (QED) is 0.474. The fourth-order valence-electron chi connectivity index (χ4n) is 1.30. The molecule has 0 aliphatic carbocycles. The van der Waals surface area contributed by atoms with Gasteiger partial charge in [0.1, 0.15) is 0 Å². The number of benzene rings is 1. The highest BCUT2D eigenvalue weighted by molar-refractivity contribution is 7.99. The lowest BCUT2D eigenvalue weighted by Crippen LogP contribution is -2.21. The van der Waals surface area contributed by atoms with E-state index < -0.39 is 0 Å². The van der Waals surface area contributed by atoms with Crippen LogP contribution in [0.4, 0.5) is 5.69 Å². The maximum atomic E-state index is 11.8. The highest BCUT2D eigenvalue weighted by Crippen LogP contribution is 2.26. The van der Waals surface area contributed by atoms with Gasteiger partial charge in [0.15, 0.2) is 0 Å². The van der Waals surface area contributed by atoms with Gasteiger partial charge in [0.25, 0.3) is 5.91 Å². The first-order valence-electron chi connectivity index (χ1n) is 5.41. The molecule has 0 spiro atoms. The lowest BCUT2D eigenvalue weighted by molar-refractivity contribution is 0.0827. The van der Waals surface area contributed by atoms with Crippen LogP contribution >= 0.6 is 11.8 Å². The predicted molar refractivity (Wildman–Crippen MR) is 71.3 cm³/mol. The van der Waals surface area contributed by atoms with Crippen LogP contribution in [0.5, 0.6) is 0 Å². The van der Waals surface area contributed by atoms with Crippen molar-refractivity contribution >= 4 is 23.4 Å². The lowest BCUT2D eigenvalue weighted by Gasteiger charge is -2.12. The summed E-state index contributed by atoms with van der Waals surface area (Å²) in [7, 11) is 3.44. The Balaban J connectivity index is 2.83. The van der Waals surface area contributed by atoms with E-state index in [-0.39, 0.29) is 12.5 Å². The summed E-state index contributed by atoms with van der Waals surface area (Å²) in [6, 6.07) is 5.28. The van der Waals surface area contributed by atoms with E-state index in [0.29, 0.717) is 11.3 Å². The van der Waals surface area contributed by atoms with E-state index in [1.54, 1.807) is 44.1 Å². The Kier molecular flexibility index (Phi) is 5.31. The normalized spacial score (nSPS) is 10.3. The van der Waals surface area contributed by atoms with Gasteiger partial charge in [-0.1, -0.05) is 0 Å². The van der Waals surface area contributed by atoms with Crippen molar-refractivity contribution in [2.45, 2.75) is 11.3 Å². The van der Waals surface area contributed by atoms with Gasteiger partial charge in [0.2, 0.25) is 0 Å².